The van der Waals surface area contributed by atoms with Gasteiger partial charge in [0.1, 0.15) is 5.01 Å². The van der Waals surface area contributed by atoms with Crippen LogP contribution >= 0.6 is 11.3 Å². The van der Waals surface area contributed by atoms with Crippen molar-refractivity contribution in [3.05, 3.63) is 16.1 Å². The molecular weight excluding hydrogens is 252 g/mol. The predicted octanol–water partition coefficient (Wildman–Crippen LogP) is 4.50. The molecule has 1 fully saturated rings. The Hall–Kier alpha value is -0.410. The standard InChI is InChI=1S/C16H28N2S/c1-12(13-8-6-5-7-9-13)17-10-15-18-14(11-19-15)16(2,3)4/h11-13,17H,5-10H2,1-4H3. The van der Waals surface area contributed by atoms with Crippen molar-refractivity contribution in [2.45, 2.75) is 77.8 Å². The van der Waals surface area contributed by atoms with E-state index in [2.05, 4.69) is 38.4 Å². The molecule has 0 aliphatic heterocycles. The predicted molar refractivity (Wildman–Crippen MR) is 83.7 cm³/mol. The third kappa shape index (κ3) is 4.28. The monoisotopic (exact) mass is 280 g/mol. The fraction of sp³-hybridized carbons (Fsp3) is 0.812. The lowest BCUT2D eigenvalue weighted by molar-refractivity contribution is 0.280. The first-order chi connectivity index (χ1) is 8.97. The molecule has 0 spiro atoms. The van der Waals surface area contributed by atoms with Gasteiger partial charge in [-0.2, -0.15) is 0 Å². The number of rotatable bonds is 4. The molecule has 1 heterocycles. The van der Waals surface area contributed by atoms with Crippen LogP contribution in [0.5, 0.6) is 0 Å². The minimum Gasteiger partial charge on any atom is -0.308 e. The molecule has 2 nitrogen and oxygen atoms in total. The maximum Gasteiger partial charge on any atom is 0.107 e. The summed E-state index contributed by atoms with van der Waals surface area (Å²) in [5, 5.41) is 7.12. The van der Waals surface area contributed by atoms with Crippen LogP contribution in [0, 0.1) is 5.92 Å². The highest BCUT2D eigenvalue weighted by atomic mass is 32.1. The number of hydrogen-bond acceptors (Lipinski definition) is 3. The van der Waals surface area contributed by atoms with Gasteiger partial charge in [0.25, 0.3) is 0 Å². The second-order valence-corrected chi connectivity index (χ2v) is 7.89. The lowest BCUT2D eigenvalue weighted by Gasteiger charge is -2.28. The normalized spacial score (nSPS) is 19.6. The van der Waals surface area contributed by atoms with E-state index in [1.54, 1.807) is 11.3 Å². The summed E-state index contributed by atoms with van der Waals surface area (Å²) in [4.78, 5) is 4.75. The van der Waals surface area contributed by atoms with Crippen LogP contribution in [0.3, 0.4) is 0 Å². The highest BCUT2D eigenvalue weighted by Crippen LogP contribution is 2.27. The molecular formula is C16H28N2S. The molecule has 2 rings (SSSR count). The van der Waals surface area contributed by atoms with Crippen LogP contribution in [0.15, 0.2) is 5.38 Å². The number of aromatic nitrogens is 1. The van der Waals surface area contributed by atoms with Crippen molar-refractivity contribution < 1.29 is 0 Å². The van der Waals surface area contributed by atoms with E-state index in [-0.39, 0.29) is 5.41 Å². The molecule has 1 aliphatic rings. The maximum absolute atomic E-state index is 4.75. The Balaban J connectivity index is 1.83. The summed E-state index contributed by atoms with van der Waals surface area (Å²) in [5.74, 6) is 0.871. The molecule has 3 heteroatoms. The Morgan fingerprint density at radius 3 is 2.58 bits per heavy atom. The lowest BCUT2D eigenvalue weighted by Crippen LogP contribution is -2.34. The summed E-state index contributed by atoms with van der Waals surface area (Å²) in [6, 6.07) is 0.627. The fourth-order valence-corrected chi connectivity index (χ4v) is 3.76. The van der Waals surface area contributed by atoms with Crippen molar-refractivity contribution in [1.29, 1.82) is 0 Å². The summed E-state index contributed by atoms with van der Waals surface area (Å²) in [6.45, 7) is 9.95. The summed E-state index contributed by atoms with van der Waals surface area (Å²) in [5.41, 5.74) is 1.39. The summed E-state index contributed by atoms with van der Waals surface area (Å²) >= 11 is 1.79. The first-order valence-electron chi connectivity index (χ1n) is 7.65. The first kappa shape index (κ1) is 15.0. The van der Waals surface area contributed by atoms with E-state index < -0.39 is 0 Å². The smallest absolute Gasteiger partial charge is 0.107 e. The zero-order chi connectivity index (χ0) is 13.9. The van der Waals surface area contributed by atoms with E-state index in [1.807, 2.05) is 0 Å². The molecule has 1 atom stereocenters. The molecule has 1 aromatic rings. The molecule has 0 amide bonds. The first-order valence-corrected chi connectivity index (χ1v) is 8.53. The molecule has 1 N–H and O–H groups in total. The molecule has 19 heavy (non-hydrogen) atoms. The molecule has 0 radical (unpaired) electrons. The van der Waals surface area contributed by atoms with Gasteiger partial charge in [-0.3, -0.25) is 0 Å². The summed E-state index contributed by atoms with van der Waals surface area (Å²) in [7, 11) is 0. The highest BCUT2D eigenvalue weighted by Gasteiger charge is 2.21. The van der Waals surface area contributed by atoms with Crippen LogP contribution < -0.4 is 5.32 Å². The Kier molecular flexibility index (Phi) is 5.02. The van der Waals surface area contributed by atoms with Gasteiger partial charge in [0, 0.05) is 23.4 Å². The third-order valence-electron chi connectivity index (χ3n) is 4.25. The minimum absolute atomic E-state index is 0.170. The molecule has 1 saturated carbocycles. The largest absolute Gasteiger partial charge is 0.308 e. The second kappa shape index (κ2) is 6.36. The zero-order valence-corrected chi connectivity index (χ0v) is 13.6. The van der Waals surface area contributed by atoms with Gasteiger partial charge in [-0.25, -0.2) is 4.98 Å². The van der Waals surface area contributed by atoms with Gasteiger partial charge in [-0.15, -0.1) is 11.3 Å². The Labute approximate surface area is 122 Å². The number of nitrogens with one attached hydrogen (secondary N) is 1. The number of hydrogen-bond donors (Lipinski definition) is 1. The molecule has 0 bridgehead atoms. The number of thiazole rings is 1. The van der Waals surface area contributed by atoms with Gasteiger partial charge in [-0.05, 0) is 25.7 Å². The fourth-order valence-electron chi connectivity index (χ4n) is 2.79. The van der Waals surface area contributed by atoms with Crippen molar-refractivity contribution in [3.8, 4) is 0 Å². The van der Waals surface area contributed by atoms with Crippen molar-refractivity contribution >= 4 is 11.3 Å². The average Bonchev–Trinajstić information content (AvgIpc) is 2.86. The van der Waals surface area contributed by atoms with Crippen molar-refractivity contribution in [2.75, 3.05) is 0 Å². The van der Waals surface area contributed by atoms with Crippen LogP contribution in [0.25, 0.3) is 0 Å². The van der Waals surface area contributed by atoms with E-state index in [1.165, 1.54) is 42.8 Å². The third-order valence-corrected chi connectivity index (χ3v) is 5.10. The van der Waals surface area contributed by atoms with Crippen molar-refractivity contribution in [2.24, 2.45) is 5.92 Å². The van der Waals surface area contributed by atoms with Crippen LogP contribution in [-0.2, 0) is 12.0 Å². The minimum atomic E-state index is 0.170. The average molecular weight is 280 g/mol. The van der Waals surface area contributed by atoms with Gasteiger partial charge in [0.05, 0.1) is 5.69 Å². The number of nitrogens with zero attached hydrogens (tertiary/aromatic N) is 1. The Bertz CT molecular complexity index is 386. The van der Waals surface area contributed by atoms with E-state index in [4.69, 9.17) is 4.98 Å². The molecule has 1 aliphatic carbocycles. The van der Waals surface area contributed by atoms with Crippen LogP contribution in [0.1, 0.15) is 70.5 Å². The van der Waals surface area contributed by atoms with Crippen LogP contribution in [0.4, 0.5) is 0 Å². The molecule has 1 aromatic heterocycles. The van der Waals surface area contributed by atoms with Crippen molar-refractivity contribution in [1.82, 2.24) is 10.3 Å². The quantitative estimate of drug-likeness (QED) is 0.878. The van der Waals surface area contributed by atoms with Gasteiger partial charge >= 0.3 is 0 Å². The van der Waals surface area contributed by atoms with Gasteiger partial charge < -0.3 is 5.32 Å². The molecule has 108 valence electrons. The Morgan fingerprint density at radius 2 is 2.00 bits per heavy atom. The summed E-state index contributed by atoms with van der Waals surface area (Å²) in [6.07, 6.45) is 7.08. The van der Waals surface area contributed by atoms with E-state index in [9.17, 15) is 0 Å². The highest BCUT2D eigenvalue weighted by molar-refractivity contribution is 7.09. The molecule has 0 saturated heterocycles. The second-order valence-electron chi connectivity index (χ2n) is 6.94. The van der Waals surface area contributed by atoms with Crippen molar-refractivity contribution in [3.63, 3.8) is 0 Å². The lowest BCUT2D eigenvalue weighted by atomic mass is 9.84. The van der Waals surface area contributed by atoms with E-state index >= 15 is 0 Å². The van der Waals surface area contributed by atoms with Crippen LogP contribution in [0.2, 0.25) is 0 Å². The molecule has 1 unspecified atom stereocenters. The van der Waals surface area contributed by atoms with Gasteiger partial charge in [-0.1, -0.05) is 40.0 Å². The van der Waals surface area contributed by atoms with Gasteiger partial charge in [0.2, 0.25) is 0 Å². The van der Waals surface area contributed by atoms with Crippen LogP contribution in [-0.4, -0.2) is 11.0 Å². The van der Waals surface area contributed by atoms with E-state index in [0.717, 1.165) is 12.5 Å². The van der Waals surface area contributed by atoms with Gasteiger partial charge in [0.15, 0.2) is 0 Å². The maximum atomic E-state index is 4.75. The topological polar surface area (TPSA) is 24.9 Å². The van der Waals surface area contributed by atoms with E-state index in [0.29, 0.717) is 6.04 Å². The summed E-state index contributed by atoms with van der Waals surface area (Å²) < 4.78 is 0. The SMILES string of the molecule is CC(NCc1nc(C(C)(C)C)cs1)C1CCCCC1. The molecule has 0 aromatic carbocycles. The Morgan fingerprint density at radius 1 is 1.32 bits per heavy atom. The zero-order valence-electron chi connectivity index (χ0n) is 12.8.